The highest BCUT2D eigenvalue weighted by molar-refractivity contribution is 5.97. The molecule has 4 nitrogen and oxygen atoms in total. The molecule has 0 aliphatic carbocycles. The fourth-order valence-corrected chi connectivity index (χ4v) is 2.13. The number of hydrogen-bond donors (Lipinski definition) is 1. The molecular formula is C14H20N2O2. The molecule has 1 heterocycles. The van der Waals surface area contributed by atoms with Gasteiger partial charge in [0, 0.05) is 18.7 Å². The van der Waals surface area contributed by atoms with Gasteiger partial charge in [-0.25, -0.2) is 0 Å². The van der Waals surface area contributed by atoms with Crippen LogP contribution in [-0.4, -0.2) is 50.5 Å². The van der Waals surface area contributed by atoms with Crippen LogP contribution in [0.3, 0.4) is 0 Å². The van der Waals surface area contributed by atoms with Crippen molar-refractivity contribution in [2.75, 3.05) is 39.8 Å². The summed E-state index contributed by atoms with van der Waals surface area (Å²) in [6, 6.07) is 7.32. The van der Waals surface area contributed by atoms with Crippen molar-refractivity contribution < 1.29 is 9.53 Å². The first-order valence-corrected chi connectivity index (χ1v) is 6.40. The molecule has 0 bridgehead atoms. The maximum Gasteiger partial charge on any atom is 0.176 e. The van der Waals surface area contributed by atoms with Crippen molar-refractivity contribution in [2.45, 2.75) is 6.42 Å². The Morgan fingerprint density at radius 1 is 1.28 bits per heavy atom. The minimum atomic E-state index is 0.180. The van der Waals surface area contributed by atoms with E-state index in [0.717, 1.165) is 43.9 Å². The van der Waals surface area contributed by atoms with Gasteiger partial charge in [0.05, 0.1) is 13.7 Å². The van der Waals surface area contributed by atoms with Crippen molar-refractivity contribution in [1.82, 2.24) is 10.2 Å². The Labute approximate surface area is 108 Å². The summed E-state index contributed by atoms with van der Waals surface area (Å²) in [5, 5.41) is 3.34. The summed E-state index contributed by atoms with van der Waals surface area (Å²) >= 11 is 0. The molecule has 1 aliphatic heterocycles. The maximum atomic E-state index is 12.1. The Morgan fingerprint density at radius 2 is 2.06 bits per heavy atom. The third-order valence-corrected chi connectivity index (χ3v) is 3.21. The fourth-order valence-electron chi connectivity index (χ4n) is 2.13. The molecule has 0 radical (unpaired) electrons. The lowest BCUT2D eigenvalue weighted by Gasteiger charge is -2.18. The molecule has 0 amide bonds. The van der Waals surface area contributed by atoms with Crippen LogP contribution in [0.15, 0.2) is 24.3 Å². The first-order valence-electron chi connectivity index (χ1n) is 6.40. The number of Topliss-reactive ketones (excluding diaryl/α,β-unsaturated/α-hetero) is 1. The zero-order valence-electron chi connectivity index (χ0n) is 10.8. The molecule has 1 aliphatic rings. The molecule has 0 saturated carbocycles. The van der Waals surface area contributed by atoms with Crippen LogP contribution in [0.1, 0.15) is 16.8 Å². The quantitative estimate of drug-likeness (QED) is 0.812. The van der Waals surface area contributed by atoms with Gasteiger partial charge in [0.2, 0.25) is 0 Å². The highest BCUT2D eigenvalue weighted by atomic mass is 16.5. The van der Waals surface area contributed by atoms with E-state index in [2.05, 4.69) is 10.2 Å². The van der Waals surface area contributed by atoms with Crippen LogP contribution in [0.2, 0.25) is 0 Å². The lowest BCUT2D eigenvalue weighted by molar-refractivity contribution is 0.0935. The second-order valence-electron chi connectivity index (χ2n) is 4.53. The summed E-state index contributed by atoms with van der Waals surface area (Å²) in [5.41, 5.74) is 0.757. The summed E-state index contributed by atoms with van der Waals surface area (Å²) in [6.07, 6.45) is 1.11. The average Bonchev–Trinajstić information content (AvgIpc) is 2.67. The summed E-state index contributed by atoms with van der Waals surface area (Å²) < 4.78 is 5.09. The number of carbonyl (C=O) groups is 1. The summed E-state index contributed by atoms with van der Waals surface area (Å²) in [7, 11) is 1.63. The number of hydrogen-bond acceptors (Lipinski definition) is 4. The Bertz CT molecular complexity index is 381. The SMILES string of the molecule is COc1ccc(C(=O)CN2CCCNCC2)cc1. The molecule has 1 fully saturated rings. The van der Waals surface area contributed by atoms with Crippen LogP contribution in [0.25, 0.3) is 0 Å². The lowest BCUT2D eigenvalue weighted by atomic mass is 10.1. The smallest absolute Gasteiger partial charge is 0.176 e. The number of benzene rings is 1. The van der Waals surface area contributed by atoms with E-state index >= 15 is 0 Å². The number of ketones is 1. The van der Waals surface area contributed by atoms with Gasteiger partial charge in [-0.1, -0.05) is 0 Å². The Balaban J connectivity index is 1.93. The number of methoxy groups -OCH3 is 1. The second kappa shape index (κ2) is 6.52. The predicted molar refractivity (Wildman–Crippen MR) is 71.3 cm³/mol. The van der Waals surface area contributed by atoms with Crippen molar-refractivity contribution in [3.63, 3.8) is 0 Å². The Kier molecular flexibility index (Phi) is 4.73. The van der Waals surface area contributed by atoms with Crippen molar-refractivity contribution in [2.24, 2.45) is 0 Å². The standard InChI is InChI=1S/C14H20N2O2/c1-18-13-5-3-12(4-6-13)14(17)11-16-9-2-7-15-8-10-16/h3-6,15H,2,7-11H2,1H3. The molecule has 1 N–H and O–H groups in total. The van der Waals surface area contributed by atoms with Crippen LogP contribution in [0, 0.1) is 0 Å². The Hall–Kier alpha value is -1.39. The van der Waals surface area contributed by atoms with E-state index in [9.17, 15) is 4.79 Å². The van der Waals surface area contributed by atoms with Crippen LogP contribution < -0.4 is 10.1 Å². The average molecular weight is 248 g/mol. The van der Waals surface area contributed by atoms with Crippen LogP contribution in [-0.2, 0) is 0 Å². The summed E-state index contributed by atoms with van der Waals surface area (Å²) in [4.78, 5) is 14.3. The van der Waals surface area contributed by atoms with Crippen molar-refractivity contribution >= 4 is 5.78 Å². The third-order valence-electron chi connectivity index (χ3n) is 3.21. The van der Waals surface area contributed by atoms with Gasteiger partial charge in [0.1, 0.15) is 5.75 Å². The van der Waals surface area contributed by atoms with Crippen LogP contribution >= 0.6 is 0 Å². The summed E-state index contributed by atoms with van der Waals surface area (Å²) in [5.74, 6) is 0.963. The van der Waals surface area contributed by atoms with E-state index in [-0.39, 0.29) is 5.78 Å². The molecule has 1 aromatic rings. The first-order chi connectivity index (χ1) is 8.79. The minimum absolute atomic E-state index is 0.180. The largest absolute Gasteiger partial charge is 0.497 e. The molecule has 1 aromatic carbocycles. The van der Waals surface area contributed by atoms with Crippen molar-refractivity contribution in [3.05, 3.63) is 29.8 Å². The Morgan fingerprint density at radius 3 is 2.78 bits per heavy atom. The van der Waals surface area contributed by atoms with Crippen molar-refractivity contribution in [1.29, 1.82) is 0 Å². The second-order valence-corrected chi connectivity index (χ2v) is 4.53. The summed E-state index contributed by atoms with van der Waals surface area (Å²) in [6.45, 7) is 4.47. The molecule has 0 spiro atoms. The molecule has 98 valence electrons. The predicted octanol–water partition coefficient (Wildman–Crippen LogP) is 1.17. The topological polar surface area (TPSA) is 41.6 Å². The zero-order chi connectivity index (χ0) is 12.8. The van der Waals surface area contributed by atoms with E-state index in [4.69, 9.17) is 4.74 Å². The van der Waals surface area contributed by atoms with Gasteiger partial charge in [-0.3, -0.25) is 9.69 Å². The molecular weight excluding hydrogens is 228 g/mol. The van der Waals surface area contributed by atoms with Gasteiger partial charge < -0.3 is 10.1 Å². The molecule has 0 atom stereocenters. The van der Waals surface area contributed by atoms with Gasteiger partial charge in [-0.2, -0.15) is 0 Å². The van der Waals surface area contributed by atoms with Gasteiger partial charge >= 0.3 is 0 Å². The van der Waals surface area contributed by atoms with E-state index in [1.54, 1.807) is 7.11 Å². The van der Waals surface area contributed by atoms with E-state index in [0.29, 0.717) is 6.54 Å². The number of carbonyl (C=O) groups excluding carboxylic acids is 1. The van der Waals surface area contributed by atoms with Gasteiger partial charge in [0.15, 0.2) is 5.78 Å². The molecule has 0 aromatic heterocycles. The molecule has 1 saturated heterocycles. The highest BCUT2D eigenvalue weighted by Gasteiger charge is 2.14. The number of nitrogens with one attached hydrogen (secondary N) is 1. The normalized spacial score (nSPS) is 17.2. The van der Waals surface area contributed by atoms with Crippen LogP contribution in [0.4, 0.5) is 0 Å². The van der Waals surface area contributed by atoms with Crippen LogP contribution in [0.5, 0.6) is 5.75 Å². The van der Waals surface area contributed by atoms with Crippen molar-refractivity contribution in [3.8, 4) is 5.75 Å². The van der Waals surface area contributed by atoms with Gasteiger partial charge in [0.25, 0.3) is 0 Å². The minimum Gasteiger partial charge on any atom is -0.497 e. The van der Waals surface area contributed by atoms with Gasteiger partial charge in [-0.15, -0.1) is 0 Å². The molecule has 2 rings (SSSR count). The fraction of sp³-hybridized carbons (Fsp3) is 0.500. The molecule has 18 heavy (non-hydrogen) atoms. The highest BCUT2D eigenvalue weighted by Crippen LogP contribution is 2.12. The first kappa shape index (κ1) is 13.1. The number of nitrogens with zero attached hydrogens (tertiary/aromatic N) is 1. The molecule has 4 heteroatoms. The molecule has 0 unspecified atom stereocenters. The van der Waals surface area contributed by atoms with E-state index < -0.39 is 0 Å². The number of rotatable bonds is 4. The number of ether oxygens (including phenoxy) is 1. The monoisotopic (exact) mass is 248 g/mol. The zero-order valence-corrected chi connectivity index (χ0v) is 10.8. The lowest BCUT2D eigenvalue weighted by Crippen LogP contribution is -2.33. The van der Waals surface area contributed by atoms with Gasteiger partial charge in [-0.05, 0) is 43.8 Å². The third kappa shape index (κ3) is 3.55. The van der Waals surface area contributed by atoms with E-state index in [1.807, 2.05) is 24.3 Å². The van der Waals surface area contributed by atoms with E-state index in [1.165, 1.54) is 0 Å². The maximum absolute atomic E-state index is 12.1.